The Bertz CT molecular complexity index is 1900. The van der Waals surface area contributed by atoms with Gasteiger partial charge >= 0.3 is 11.9 Å². The first-order valence-electron chi connectivity index (χ1n) is 26.1. The maximum Gasteiger partial charge on any atom is 0.306 e. The van der Waals surface area contributed by atoms with Crippen molar-refractivity contribution in [2.75, 3.05) is 0 Å². The Morgan fingerprint density at radius 3 is 1.63 bits per heavy atom. The molecule has 374 valence electrons. The first kappa shape index (κ1) is 57.5. The third-order valence-corrected chi connectivity index (χ3v) is 14.4. The van der Waals surface area contributed by atoms with Crippen LogP contribution in [0.5, 0.6) is 0 Å². The zero-order valence-corrected chi connectivity index (χ0v) is 44.3. The molecule has 7 nitrogen and oxygen atoms in total. The molecule has 3 rings (SSSR count). The number of esters is 2. The van der Waals surface area contributed by atoms with Crippen molar-refractivity contribution in [2.45, 2.75) is 247 Å². The van der Waals surface area contributed by atoms with E-state index in [0.29, 0.717) is 44.1 Å². The van der Waals surface area contributed by atoms with Crippen LogP contribution in [0.2, 0.25) is 0 Å². The first-order valence-corrected chi connectivity index (χ1v) is 26.1. The normalized spacial score (nSPS) is 26.5. The minimum atomic E-state index is -1.12. The predicted octanol–water partition coefficient (Wildman–Crippen LogP) is 15.5. The van der Waals surface area contributed by atoms with Gasteiger partial charge in [0.2, 0.25) is 0 Å². The number of rotatable bonds is 28. The molecule has 0 spiro atoms. The van der Waals surface area contributed by atoms with Crippen molar-refractivity contribution in [1.82, 2.24) is 0 Å². The Morgan fingerprint density at radius 1 is 0.627 bits per heavy atom. The minimum absolute atomic E-state index is 0.0790. The van der Waals surface area contributed by atoms with Gasteiger partial charge in [-0.3, -0.25) is 14.4 Å². The second-order valence-corrected chi connectivity index (χ2v) is 22.0. The van der Waals surface area contributed by atoms with Crippen LogP contribution in [0.25, 0.3) is 0 Å². The molecule has 1 N–H and O–H groups in total. The summed E-state index contributed by atoms with van der Waals surface area (Å²) < 4.78 is 18.0. The Hall–Kier alpha value is -3.77. The van der Waals surface area contributed by atoms with E-state index in [1.807, 2.05) is 94.5 Å². The molecule has 0 aromatic heterocycles. The molecule has 5 atom stereocenters. The predicted molar refractivity (Wildman–Crippen MR) is 278 cm³/mol. The summed E-state index contributed by atoms with van der Waals surface area (Å²) in [5.74, 6) is -0.353. The highest BCUT2D eigenvalue weighted by Gasteiger charge is 2.76. The van der Waals surface area contributed by atoms with Crippen LogP contribution in [-0.4, -0.2) is 51.8 Å². The molecule has 7 heteroatoms. The van der Waals surface area contributed by atoms with Crippen molar-refractivity contribution in [3.63, 3.8) is 0 Å². The topological polar surface area (TPSA) is 102 Å². The number of carbonyl (C=O) groups is 3. The fourth-order valence-corrected chi connectivity index (χ4v) is 10.7. The molecular formula is C60H92O7. The summed E-state index contributed by atoms with van der Waals surface area (Å²) in [6, 6.07) is 0. The highest BCUT2D eigenvalue weighted by molar-refractivity contribution is 5.96. The van der Waals surface area contributed by atoms with Crippen LogP contribution >= 0.6 is 0 Å². The fraction of sp³-hybridized carbons (Fsp3) is 0.667. The molecule has 0 radical (unpaired) electrons. The largest absolute Gasteiger partial charge is 0.462 e. The average molecular weight is 925 g/mol. The molecule has 3 aliphatic rings. The number of allylic oxidation sites excluding steroid dienone is 14. The number of epoxide rings is 1. The molecule has 1 aliphatic heterocycles. The Morgan fingerprint density at radius 2 is 1.12 bits per heavy atom. The van der Waals surface area contributed by atoms with Gasteiger partial charge in [-0.15, -0.1) is 5.73 Å². The molecule has 0 aromatic rings. The number of aliphatic hydroxyl groups is 1. The Balaban J connectivity index is 1.39. The van der Waals surface area contributed by atoms with Gasteiger partial charge in [-0.25, -0.2) is 0 Å². The second-order valence-electron chi connectivity index (χ2n) is 22.0. The van der Waals surface area contributed by atoms with Gasteiger partial charge in [0.05, 0.1) is 11.2 Å². The standard InChI is InChI=1S/C60H92O7/c1-13-14-15-16-17-18-19-20-21-22-23-24-25-26-27-38-55(63)66-52-42-57(9,10)60(59(12,44-52)67-60)45-53(62)49(5)37-31-36-47(3)33-29-28-32-46(2)34-30-35-48(4)39-40-54-56(7,8)41-51(65-50(6)61)43-58(54,11)64/h28-37,39,51-52,64H,13-27,38,41-45H2,1-12H3/b29-28+,34-30+,36-31+,46-32+,47-33+,48-35+,49-37+/t40?,51-,52-,58+,59+,60-/m0/s1. The molecular weight excluding hydrogens is 833 g/mol. The molecule has 0 bridgehead atoms. The van der Waals surface area contributed by atoms with Gasteiger partial charge in [0.1, 0.15) is 17.8 Å². The fourth-order valence-electron chi connectivity index (χ4n) is 10.7. The lowest BCUT2D eigenvalue weighted by molar-refractivity contribution is -0.154. The number of hydrogen-bond acceptors (Lipinski definition) is 7. The molecule has 1 saturated heterocycles. The summed E-state index contributed by atoms with van der Waals surface area (Å²) >= 11 is 0. The highest BCUT2D eigenvalue weighted by atomic mass is 16.6. The zero-order chi connectivity index (χ0) is 49.7. The molecule has 0 aromatic carbocycles. The third-order valence-electron chi connectivity index (χ3n) is 14.4. The van der Waals surface area contributed by atoms with Crippen molar-refractivity contribution in [1.29, 1.82) is 0 Å². The third kappa shape index (κ3) is 19.3. The van der Waals surface area contributed by atoms with Crippen molar-refractivity contribution in [2.24, 2.45) is 10.8 Å². The summed E-state index contributed by atoms with van der Waals surface area (Å²) in [7, 11) is 0. The lowest BCUT2D eigenvalue weighted by Gasteiger charge is -2.44. The van der Waals surface area contributed by atoms with Gasteiger partial charge in [-0.2, -0.15) is 0 Å². The molecule has 1 heterocycles. The quantitative estimate of drug-likeness (QED) is 0.0208. The van der Waals surface area contributed by atoms with Crippen molar-refractivity contribution in [3.05, 3.63) is 100 Å². The van der Waals surface area contributed by atoms with Crippen LogP contribution in [-0.2, 0) is 28.6 Å². The van der Waals surface area contributed by atoms with Crippen molar-refractivity contribution >= 4 is 17.7 Å². The maximum atomic E-state index is 13.6. The van der Waals surface area contributed by atoms with Gasteiger partial charge in [-0.05, 0) is 83.4 Å². The van der Waals surface area contributed by atoms with Gasteiger partial charge < -0.3 is 19.3 Å². The van der Waals surface area contributed by atoms with Crippen LogP contribution in [0.3, 0.4) is 0 Å². The first-order chi connectivity index (χ1) is 31.6. The molecule has 0 unspecified atom stereocenters. The summed E-state index contributed by atoms with van der Waals surface area (Å²) in [6.45, 7) is 23.9. The number of Topliss-reactive ketones (excluding diaryl/α,β-unsaturated/α-hetero) is 1. The van der Waals surface area contributed by atoms with Crippen LogP contribution in [0.4, 0.5) is 0 Å². The Labute approximate surface area is 408 Å². The van der Waals surface area contributed by atoms with Crippen LogP contribution in [0, 0.1) is 10.8 Å². The molecule has 2 aliphatic carbocycles. The number of hydrogen-bond donors (Lipinski definition) is 1. The van der Waals surface area contributed by atoms with E-state index in [0.717, 1.165) is 35.1 Å². The number of fused-ring (bicyclic) bond motifs is 1. The average Bonchev–Trinajstić information content (AvgIpc) is 3.84. The maximum absolute atomic E-state index is 13.6. The molecule has 2 saturated carbocycles. The second kappa shape index (κ2) is 27.4. The van der Waals surface area contributed by atoms with Crippen molar-refractivity contribution in [3.8, 4) is 0 Å². The van der Waals surface area contributed by atoms with E-state index >= 15 is 0 Å². The van der Waals surface area contributed by atoms with Crippen molar-refractivity contribution < 1.29 is 33.7 Å². The van der Waals surface area contributed by atoms with Gasteiger partial charge in [0, 0.05) is 43.6 Å². The van der Waals surface area contributed by atoms with E-state index in [9.17, 15) is 19.5 Å². The smallest absolute Gasteiger partial charge is 0.306 e. The number of ketones is 1. The molecule has 0 amide bonds. The van der Waals surface area contributed by atoms with E-state index in [-0.39, 0.29) is 40.8 Å². The number of unbranched alkanes of at least 4 members (excludes halogenated alkanes) is 14. The van der Waals surface area contributed by atoms with E-state index < -0.39 is 16.8 Å². The van der Waals surface area contributed by atoms with E-state index in [4.69, 9.17) is 14.2 Å². The lowest BCUT2D eigenvalue weighted by Crippen LogP contribution is -2.49. The summed E-state index contributed by atoms with van der Waals surface area (Å²) in [4.78, 5) is 38.0. The van der Waals surface area contributed by atoms with E-state index in [1.165, 1.54) is 90.4 Å². The minimum Gasteiger partial charge on any atom is -0.462 e. The Kier molecular flexibility index (Phi) is 23.6. The van der Waals surface area contributed by atoms with Gasteiger partial charge in [0.25, 0.3) is 0 Å². The van der Waals surface area contributed by atoms with E-state index in [1.54, 1.807) is 6.92 Å². The van der Waals surface area contributed by atoms with Crippen LogP contribution < -0.4 is 0 Å². The number of carbonyl (C=O) groups excluding carboxylic acids is 3. The number of ether oxygens (including phenoxy) is 3. The van der Waals surface area contributed by atoms with Gasteiger partial charge in [0.15, 0.2) is 5.78 Å². The summed E-state index contributed by atoms with van der Waals surface area (Å²) in [5, 5.41) is 11.2. The lowest BCUT2D eigenvalue weighted by atomic mass is 9.61. The summed E-state index contributed by atoms with van der Waals surface area (Å²) in [5.41, 5.74) is 5.17. The molecule has 3 fully saturated rings. The highest BCUT2D eigenvalue weighted by Crippen LogP contribution is 2.67. The van der Waals surface area contributed by atoms with E-state index in [2.05, 4.69) is 47.3 Å². The zero-order valence-electron chi connectivity index (χ0n) is 44.3. The van der Waals surface area contributed by atoms with Crippen LogP contribution in [0.1, 0.15) is 218 Å². The van der Waals surface area contributed by atoms with Gasteiger partial charge in [-0.1, -0.05) is 196 Å². The summed E-state index contributed by atoms with van der Waals surface area (Å²) in [6.07, 6.45) is 43.9. The molecule has 67 heavy (non-hydrogen) atoms. The SMILES string of the molecule is CCCCCCCCCCCCCCCCCC(=O)O[C@H]1CC(C)(C)[C@]2(CC(=O)/C(C)=C/C=C/C(C)=C/C=C/C=C(C)/C=C/C=C(\C)C=C=C3C(C)(C)C[C@H](OC(C)=O)C[C@@]3(C)O)O[C@]2(C)C1. The van der Waals surface area contributed by atoms with Crippen LogP contribution in [0.15, 0.2) is 100 Å². The monoisotopic (exact) mass is 925 g/mol.